The van der Waals surface area contributed by atoms with E-state index in [1.54, 1.807) is 0 Å². The van der Waals surface area contributed by atoms with E-state index in [0.717, 1.165) is 0 Å². The summed E-state index contributed by atoms with van der Waals surface area (Å²) in [4.78, 5) is 0. The smallest absolute Gasteiger partial charge is 0.0119 e. The summed E-state index contributed by atoms with van der Waals surface area (Å²) in [5.41, 5.74) is 10.5. The fourth-order valence-corrected chi connectivity index (χ4v) is 3.10. The Bertz CT molecular complexity index is 771. The zero-order valence-electron chi connectivity index (χ0n) is 16.9. The molecule has 2 aromatic rings. The van der Waals surface area contributed by atoms with Crippen LogP contribution in [-0.2, 0) is 0 Å². The SMILES string of the molecule is C.C=C/C=C(C)/C(=C(\C)c1ccc(C)c(C)c1C)c1ccccc1.CC. The molecular formula is C26H36. The van der Waals surface area contributed by atoms with Gasteiger partial charge in [-0.1, -0.05) is 82.5 Å². The largest absolute Gasteiger partial charge is 0.0991 e. The van der Waals surface area contributed by atoms with Crippen molar-refractivity contribution >= 4 is 11.1 Å². The molecule has 0 saturated heterocycles. The molecule has 0 heterocycles. The first kappa shape index (κ1) is 23.7. The number of hydrogen-bond acceptors (Lipinski definition) is 0. The summed E-state index contributed by atoms with van der Waals surface area (Å²) in [6, 6.07) is 15.1. The molecule has 0 N–H and O–H groups in total. The third kappa shape index (κ3) is 5.33. The van der Waals surface area contributed by atoms with Crippen LogP contribution in [0.25, 0.3) is 11.1 Å². The van der Waals surface area contributed by atoms with E-state index in [4.69, 9.17) is 0 Å². The van der Waals surface area contributed by atoms with Crippen molar-refractivity contribution in [2.24, 2.45) is 0 Å². The molecule has 0 saturated carbocycles. The van der Waals surface area contributed by atoms with Gasteiger partial charge in [0, 0.05) is 0 Å². The van der Waals surface area contributed by atoms with Gasteiger partial charge < -0.3 is 0 Å². The highest BCUT2D eigenvalue weighted by Crippen LogP contribution is 2.34. The molecule has 0 aliphatic heterocycles. The van der Waals surface area contributed by atoms with E-state index in [1.807, 2.05) is 19.9 Å². The van der Waals surface area contributed by atoms with Gasteiger partial charge in [-0.15, -0.1) is 0 Å². The van der Waals surface area contributed by atoms with Crippen molar-refractivity contribution < 1.29 is 0 Å². The second-order valence-corrected chi connectivity index (χ2v) is 6.13. The van der Waals surface area contributed by atoms with Crippen molar-refractivity contribution in [1.82, 2.24) is 0 Å². The highest BCUT2D eigenvalue weighted by atomic mass is 14.2. The van der Waals surface area contributed by atoms with Crippen LogP contribution in [-0.4, -0.2) is 0 Å². The molecule has 0 radical (unpaired) electrons. The molecule has 0 heteroatoms. The number of allylic oxidation sites excluding steroid dienone is 5. The molecule has 0 nitrogen and oxygen atoms in total. The Kier molecular flexibility index (Phi) is 10.3. The second-order valence-electron chi connectivity index (χ2n) is 6.13. The monoisotopic (exact) mass is 348 g/mol. The van der Waals surface area contributed by atoms with Gasteiger partial charge in [-0.25, -0.2) is 0 Å². The van der Waals surface area contributed by atoms with E-state index in [-0.39, 0.29) is 7.43 Å². The summed E-state index contributed by atoms with van der Waals surface area (Å²) >= 11 is 0. The third-order valence-corrected chi connectivity index (χ3v) is 4.66. The molecular weight excluding hydrogens is 312 g/mol. The first-order valence-corrected chi connectivity index (χ1v) is 9.10. The second kappa shape index (κ2) is 11.3. The van der Waals surface area contributed by atoms with Gasteiger partial charge >= 0.3 is 0 Å². The minimum absolute atomic E-state index is 0. The van der Waals surface area contributed by atoms with E-state index in [2.05, 4.69) is 89.7 Å². The van der Waals surface area contributed by atoms with Crippen LogP contribution in [0.5, 0.6) is 0 Å². The van der Waals surface area contributed by atoms with Crippen LogP contribution < -0.4 is 0 Å². The van der Waals surface area contributed by atoms with E-state index in [0.29, 0.717) is 0 Å². The molecule has 0 aliphatic carbocycles. The normalized spacial score (nSPS) is 11.6. The van der Waals surface area contributed by atoms with Gasteiger partial charge in [-0.3, -0.25) is 0 Å². The molecule has 0 aliphatic rings. The Labute approximate surface area is 162 Å². The van der Waals surface area contributed by atoms with Gasteiger partial charge in [0.05, 0.1) is 0 Å². The van der Waals surface area contributed by atoms with Gasteiger partial charge in [0.1, 0.15) is 0 Å². The van der Waals surface area contributed by atoms with Crippen LogP contribution in [0.15, 0.2) is 66.8 Å². The van der Waals surface area contributed by atoms with Gasteiger partial charge in [0.25, 0.3) is 0 Å². The first-order chi connectivity index (χ1) is 12.0. The summed E-state index contributed by atoms with van der Waals surface area (Å²) in [5, 5.41) is 0. The van der Waals surface area contributed by atoms with Crippen LogP contribution >= 0.6 is 0 Å². The molecule has 140 valence electrons. The molecule has 0 aromatic heterocycles. The average Bonchev–Trinajstić information content (AvgIpc) is 2.63. The summed E-state index contributed by atoms with van der Waals surface area (Å²) in [6.45, 7) is 18.8. The Hall–Kier alpha value is -2.34. The lowest BCUT2D eigenvalue weighted by Gasteiger charge is -2.18. The predicted molar refractivity (Wildman–Crippen MR) is 122 cm³/mol. The van der Waals surface area contributed by atoms with Crippen LogP contribution in [0.4, 0.5) is 0 Å². The molecule has 2 aromatic carbocycles. The average molecular weight is 349 g/mol. The zero-order chi connectivity index (χ0) is 19.0. The molecule has 0 atom stereocenters. The summed E-state index contributed by atoms with van der Waals surface area (Å²) in [6.07, 6.45) is 3.95. The molecule has 0 amide bonds. The Morgan fingerprint density at radius 1 is 0.846 bits per heavy atom. The topological polar surface area (TPSA) is 0 Å². The number of aryl methyl sites for hydroxylation is 1. The van der Waals surface area contributed by atoms with Crippen molar-refractivity contribution in [1.29, 1.82) is 0 Å². The highest BCUT2D eigenvalue weighted by Gasteiger charge is 2.12. The number of benzene rings is 2. The molecule has 0 unspecified atom stereocenters. The fraction of sp³-hybridized carbons (Fsp3) is 0.308. The molecule has 0 fully saturated rings. The van der Waals surface area contributed by atoms with E-state index < -0.39 is 0 Å². The van der Waals surface area contributed by atoms with Crippen molar-refractivity contribution in [3.05, 3.63) is 94.6 Å². The predicted octanol–water partition coefficient (Wildman–Crippen LogP) is 8.34. The van der Waals surface area contributed by atoms with Gasteiger partial charge in [-0.2, -0.15) is 0 Å². The number of rotatable bonds is 4. The molecule has 2 rings (SSSR count). The van der Waals surface area contributed by atoms with Crippen molar-refractivity contribution in [2.75, 3.05) is 0 Å². The van der Waals surface area contributed by atoms with Crippen LogP contribution in [0.1, 0.15) is 62.9 Å². The lowest BCUT2D eigenvalue weighted by atomic mass is 9.87. The van der Waals surface area contributed by atoms with Gasteiger partial charge in [0.2, 0.25) is 0 Å². The molecule has 0 spiro atoms. The van der Waals surface area contributed by atoms with Crippen LogP contribution in [0.3, 0.4) is 0 Å². The van der Waals surface area contributed by atoms with Crippen LogP contribution in [0, 0.1) is 20.8 Å². The molecule has 26 heavy (non-hydrogen) atoms. The van der Waals surface area contributed by atoms with Gasteiger partial charge in [-0.05, 0) is 79.2 Å². The Balaban J connectivity index is 0.00000201. The minimum atomic E-state index is 0. The quantitative estimate of drug-likeness (QED) is 0.385. The maximum absolute atomic E-state index is 3.85. The summed E-state index contributed by atoms with van der Waals surface area (Å²) < 4.78 is 0. The minimum Gasteiger partial charge on any atom is -0.0991 e. The van der Waals surface area contributed by atoms with E-state index in [1.165, 1.54) is 44.5 Å². The third-order valence-electron chi connectivity index (χ3n) is 4.66. The van der Waals surface area contributed by atoms with Crippen molar-refractivity contribution in [3.8, 4) is 0 Å². The fourth-order valence-electron chi connectivity index (χ4n) is 3.10. The van der Waals surface area contributed by atoms with Crippen molar-refractivity contribution in [2.45, 2.75) is 55.9 Å². The Morgan fingerprint density at radius 2 is 1.42 bits per heavy atom. The van der Waals surface area contributed by atoms with Crippen LogP contribution in [0.2, 0.25) is 0 Å². The lowest BCUT2D eigenvalue weighted by Crippen LogP contribution is -1.97. The van der Waals surface area contributed by atoms with Crippen molar-refractivity contribution in [3.63, 3.8) is 0 Å². The summed E-state index contributed by atoms with van der Waals surface area (Å²) in [5.74, 6) is 0. The molecule has 0 bridgehead atoms. The first-order valence-electron chi connectivity index (χ1n) is 9.10. The number of hydrogen-bond donors (Lipinski definition) is 0. The Morgan fingerprint density at radius 3 is 1.96 bits per heavy atom. The maximum Gasteiger partial charge on any atom is -0.0119 e. The standard InChI is InChI=1S/C23H26.C2H6.CH4/c1-7-11-17(3)23(21-12-9-8-10-13-21)20(6)22-15-14-16(2)18(4)19(22)5;1-2;/h7-15H,1H2,2-6H3;1-2H3;1H4/b17-11+,23-20-;;. The van der Waals surface area contributed by atoms with E-state index >= 15 is 0 Å². The maximum atomic E-state index is 3.85. The van der Waals surface area contributed by atoms with E-state index in [9.17, 15) is 0 Å². The highest BCUT2D eigenvalue weighted by molar-refractivity contribution is 5.98. The summed E-state index contributed by atoms with van der Waals surface area (Å²) in [7, 11) is 0. The zero-order valence-corrected chi connectivity index (χ0v) is 16.9. The van der Waals surface area contributed by atoms with Gasteiger partial charge in [0.15, 0.2) is 0 Å². The lowest BCUT2D eigenvalue weighted by molar-refractivity contribution is 1.24.